The number of rotatable bonds is 5. The number of nitrogens with zero attached hydrogens (tertiary/aromatic N) is 3. The van der Waals surface area contributed by atoms with Gasteiger partial charge in [-0.1, -0.05) is 48.6 Å². The third kappa shape index (κ3) is 2.40. The fourth-order valence-corrected chi connectivity index (χ4v) is 5.18. The lowest BCUT2D eigenvalue weighted by Gasteiger charge is -2.31. The molecule has 1 heterocycles. The maximum absolute atomic E-state index is 10.9. The molecule has 0 spiro atoms. The van der Waals surface area contributed by atoms with Crippen LogP contribution in [0.25, 0.3) is 0 Å². The molecule has 0 bridgehead atoms. The van der Waals surface area contributed by atoms with Crippen molar-refractivity contribution in [2.24, 2.45) is 0 Å². The number of benzene rings is 1. The summed E-state index contributed by atoms with van der Waals surface area (Å²) in [5.74, 6) is 0. The van der Waals surface area contributed by atoms with Crippen LogP contribution in [-0.4, -0.2) is 29.1 Å². The summed E-state index contributed by atoms with van der Waals surface area (Å²) < 4.78 is 1.83. The highest BCUT2D eigenvalue weighted by Crippen LogP contribution is 2.22. The monoisotopic (exact) mass is 259 g/mol. The molecule has 0 fully saturated rings. The van der Waals surface area contributed by atoms with Crippen molar-refractivity contribution in [1.82, 2.24) is 14.8 Å². The van der Waals surface area contributed by atoms with Gasteiger partial charge in [0.2, 0.25) is 0 Å². The molecule has 1 unspecified atom stereocenters. The van der Waals surface area contributed by atoms with E-state index in [1.807, 2.05) is 22.9 Å². The van der Waals surface area contributed by atoms with Gasteiger partial charge in [-0.2, -0.15) is 5.10 Å². The first kappa shape index (κ1) is 12.7. The molecule has 4 nitrogen and oxygen atoms in total. The van der Waals surface area contributed by atoms with Gasteiger partial charge in [0.15, 0.2) is 0 Å². The maximum Gasteiger partial charge on any atom is 0.137 e. The van der Waals surface area contributed by atoms with Crippen LogP contribution in [0.5, 0.6) is 0 Å². The quantitative estimate of drug-likeness (QED) is 0.605. The smallest absolute Gasteiger partial charge is 0.137 e. The van der Waals surface area contributed by atoms with E-state index in [1.165, 1.54) is 11.5 Å². The minimum Gasteiger partial charge on any atom is -0.303 e. The second kappa shape index (κ2) is 5.26. The molecule has 0 N–H and O–H groups in total. The minimum absolute atomic E-state index is 0.111. The van der Waals surface area contributed by atoms with Crippen molar-refractivity contribution in [3.8, 4) is 0 Å². The summed E-state index contributed by atoms with van der Waals surface area (Å²) in [4.78, 5) is 14.9. The Morgan fingerprint density at radius 1 is 1.33 bits per heavy atom. The van der Waals surface area contributed by atoms with Crippen LogP contribution in [-0.2, 0) is 4.79 Å². The number of carbonyl (C=O) groups is 1. The van der Waals surface area contributed by atoms with Crippen LogP contribution in [0.1, 0.15) is 12.1 Å². The van der Waals surface area contributed by atoms with E-state index in [9.17, 15) is 4.79 Å². The summed E-state index contributed by atoms with van der Waals surface area (Å²) in [7, 11) is -1.81. The fourth-order valence-electron chi connectivity index (χ4n) is 2.26. The summed E-state index contributed by atoms with van der Waals surface area (Å²) in [6, 6.07) is 10.4. The van der Waals surface area contributed by atoms with E-state index in [-0.39, 0.29) is 5.67 Å². The number of hydrogen-bond donors (Lipinski definition) is 0. The van der Waals surface area contributed by atoms with E-state index in [0.29, 0.717) is 6.42 Å². The van der Waals surface area contributed by atoms with Crippen LogP contribution in [0.2, 0.25) is 13.1 Å². The predicted octanol–water partition coefficient (Wildman–Crippen LogP) is 1.56. The first-order valence-electron chi connectivity index (χ1n) is 5.99. The molecule has 1 aromatic heterocycles. The van der Waals surface area contributed by atoms with Crippen LogP contribution in [0.15, 0.2) is 43.0 Å². The lowest BCUT2D eigenvalue weighted by Crippen LogP contribution is -2.50. The van der Waals surface area contributed by atoms with Gasteiger partial charge in [-0.05, 0) is 0 Å². The average Bonchev–Trinajstić information content (AvgIpc) is 2.90. The minimum atomic E-state index is -1.81. The van der Waals surface area contributed by atoms with Crippen molar-refractivity contribution >= 4 is 19.5 Å². The molecule has 2 rings (SSSR count). The van der Waals surface area contributed by atoms with E-state index in [1.54, 1.807) is 6.33 Å². The van der Waals surface area contributed by atoms with Crippen molar-refractivity contribution in [1.29, 1.82) is 0 Å². The first-order valence-corrected chi connectivity index (χ1v) is 9.07. The molecule has 0 amide bonds. The van der Waals surface area contributed by atoms with Gasteiger partial charge in [0.25, 0.3) is 0 Å². The van der Waals surface area contributed by atoms with Crippen molar-refractivity contribution in [3.63, 3.8) is 0 Å². The van der Waals surface area contributed by atoms with Gasteiger partial charge < -0.3 is 4.79 Å². The lowest BCUT2D eigenvalue weighted by atomic mass is 10.4. The summed E-state index contributed by atoms with van der Waals surface area (Å²) in [5.41, 5.74) is 0.111. The summed E-state index contributed by atoms with van der Waals surface area (Å²) in [6.45, 7) is 4.52. The molecule has 94 valence electrons. The summed E-state index contributed by atoms with van der Waals surface area (Å²) in [6.07, 6.45) is 4.68. The first-order chi connectivity index (χ1) is 8.66. The zero-order valence-electron chi connectivity index (χ0n) is 10.7. The molecular formula is C13H17N3OSi. The molecule has 5 heteroatoms. The summed E-state index contributed by atoms with van der Waals surface area (Å²) >= 11 is 0. The summed E-state index contributed by atoms with van der Waals surface area (Å²) in [5, 5.41) is 5.53. The average molecular weight is 259 g/mol. The number of carbonyl (C=O) groups excluding carboxylic acids is 1. The van der Waals surface area contributed by atoms with Gasteiger partial charge in [0, 0.05) is 6.42 Å². The molecule has 0 aliphatic carbocycles. The zero-order valence-corrected chi connectivity index (χ0v) is 11.7. The van der Waals surface area contributed by atoms with Crippen molar-refractivity contribution in [2.75, 3.05) is 0 Å². The Morgan fingerprint density at radius 2 is 2.06 bits per heavy atom. The van der Waals surface area contributed by atoms with E-state index in [2.05, 4.69) is 35.3 Å². The Morgan fingerprint density at radius 3 is 2.61 bits per heavy atom. The normalized spacial score (nSPS) is 13.2. The second-order valence-electron chi connectivity index (χ2n) is 4.88. The van der Waals surface area contributed by atoms with Crippen molar-refractivity contribution in [2.45, 2.75) is 25.2 Å². The van der Waals surface area contributed by atoms with E-state index in [4.69, 9.17) is 0 Å². The highest BCUT2D eigenvalue weighted by atomic mass is 28.3. The Balaban J connectivity index is 2.39. The van der Waals surface area contributed by atoms with Crippen molar-refractivity contribution in [3.05, 3.63) is 43.0 Å². The second-order valence-corrected chi connectivity index (χ2v) is 9.57. The molecule has 1 atom stereocenters. The van der Waals surface area contributed by atoms with Gasteiger partial charge in [-0.15, -0.1) is 0 Å². The molecule has 0 radical (unpaired) electrons. The van der Waals surface area contributed by atoms with Crippen LogP contribution < -0.4 is 5.19 Å². The molecule has 18 heavy (non-hydrogen) atoms. The zero-order chi connectivity index (χ0) is 13.0. The molecular weight excluding hydrogens is 242 g/mol. The molecule has 0 saturated heterocycles. The van der Waals surface area contributed by atoms with Gasteiger partial charge >= 0.3 is 0 Å². The number of aromatic nitrogens is 3. The highest BCUT2D eigenvalue weighted by Gasteiger charge is 2.35. The van der Waals surface area contributed by atoms with E-state index in [0.717, 1.165) is 6.29 Å². The van der Waals surface area contributed by atoms with Crippen LogP contribution in [0.4, 0.5) is 0 Å². The predicted molar refractivity (Wildman–Crippen MR) is 73.3 cm³/mol. The van der Waals surface area contributed by atoms with Gasteiger partial charge in [0.05, 0.1) is 5.67 Å². The van der Waals surface area contributed by atoms with E-state index >= 15 is 0 Å². The molecule has 0 saturated carbocycles. The number of hydrogen-bond acceptors (Lipinski definition) is 3. The Labute approximate surface area is 108 Å². The number of aldehydes is 1. The topological polar surface area (TPSA) is 47.8 Å². The van der Waals surface area contributed by atoms with Gasteiger partial charge in [-0.25, -0.2) is 4.98 Å². The highest BCUT2D eigenvalue weighted by molar-refractivity contribution is 6.90. The molecule has 1 aromatic carbocycles. The van der Waals surface area contributed by atoms with Gasteiger partial charge in [-0.3, -0.25) is 4.68 Å². The molecule has 0 aliphatic heterocycles. The molecule has 2 aromatic rings. The van der Waals surface area contributed by atoms with Crippen LogP contribution in [0, 0.1) is 0 Å². The van der Waals surface area contributed by atoms with Crippen LogP contribution in [0.3, 0.4) is 0 Å². The Kier molecular flexibility index (Phi) is 3.71. The van der Waals surface area contributed by atoms with Crippen LogP contribution >= 0.6 is 0 Å². The third-order valence-corrected chi connectivity index (χ3v) is 7.41. The van der Waals surface area contributed by atoms with Gasteiger partial charge in [0.1, 0.15) is 27.0 Å². The maximum atomic E-state index is 10.9. The fraction of sp³-hybridized carbons (Fsp3) is 0.308. The van der Waals surface area contributed by atoms with E-state index < -0.39 is 8.07 Å². The SMILES string of the molecule is C[Si](C)(c1ccccc1)C(CC=O)n1cncn1. The third-order valence-electron chi connectivity index (χ3n) is 3.43. The standard InChI is InChI=1S/C13H17N3OSi/c1-18(2,12-6-4-3-5-7-12)13(8-9-17)16-11-14-10-15-16/h3-7,9-11,13H,8H2,1-2H3. The largest absolute Gasteiger partial charge is 0.303 e. The Bertz CT molecular complexity index is 496. The lowest BCUT2D eigenvalue weighted by molar-refractivity contribution is -0.108. The van der Waals surface area contributed by atoms with Crippen molar-refractivity contribution < 1.29 is 4.79 Å². The molecule has 0 aliphatic rings. The Hall–Kier alpha value is -1.75.